The lowest BCUT2D eigenvalue weighted by atomic mass is 9.94. The third kappa shape index (κ3) is 2.77. The van der Waals surface area contributed by atoms with Gasteiger partial charge in [-0.15, -0.1) is 0 Å². The van der Waals surface area contributed by atoms with Crippen LogP contribution >= 0.6 is 0 Å². The van der Waals surface area contributed by atoms with Gasteiger partial charge in [-0.1, -0.05) is 19.3 Å². The zero-order chi connectivity index (χ0) is 14.8. The van der Waals surface area contributed by atoms with Crippen molar-refractivity contribution in [3.8, 4) is 0 Å². The van der Waals surface area contributed by atoms with Crippen LogP contribution in [0.25, 0.3) is 0 Å². The highest BCUT2D eigenvalue weighted by Crippen LogP contribution is 2.28. The van der Waals surface area contributed by atoms with Crippen LogP contribution in [0, 0.1) is 6.92 Å². The largest absolute Gasteiger partial charge is 0.372 e. The van der Waals surface area contributed by atoms with Crippen LogP contribution in [0.4, 0.5) is 5.69 Å². The van der Waals surface area contributed by atoms with Crippen molar-refractivity contribution in [1.29, 1.82) is 0 Å². The van der Waals surface area contributed by atoms with Gasteiger partial charge < -0.3 is 5.32 Å². The summed E-state index contributed by atoms with van der Waals surface area (Å²) in [7, 11) is 0. The van der Waals surface area contributed by atoms with Crippen LogP contribution in [-0.4, -0.2) is 33.8 Å². The third-order valence-corrected chi connectivity index (χ3v) is 4.46. The molecule has 0 radical (unpaired) electrons. The first-order chi connectivity index (χ1) is 10.2. The maximum absolute atomic E-state index is 12.6. The minimum absolute atomic E-state index is 0.0362. The number of imide groups is 1. The van der Waals surface area contributed by atoms with Crippen molar-refractivity contribution in [3.05, 3.63) is 24.0 Å². The molecule has 2 heterocycles. The Bertz CT molecular complexity index is 552. The van der Waals surface area contributed by atoms with E-state index in [9.17, 15) is 9.59 Å². The lowest BCUT2D eigenvalue weighted by molar-refractivity contribution is -0.141. The molecule has 21 heavy (non-hydrogen) atoms. The average Bonchev–Trinajstić information content (AvgIpc) is 2.77. The highest BCUT2D eigenvalue weighted by molar-refractivity contribution is 6.07. The number of pyridine rings is 1. The third-order valence-electron chi connectivity index (χ3n) is 4.46. The maximum atomic E-state index is 12.6. The van der Waals surface area contributed by atoms with E-state index in [1.54, 1.807) is 6.20 Å². The smallest absolute Gasteiger partial charge is 0.252 e. The number of nitrogens with zero attached hydrogens (tertiary/aromatic N) is 2. The number of anilines is 1. The van der Waals surface area contributed by atoms with Crippen molar-refractivity contribution >= 4 is 17.5 Å². The number of aryl methyl sites for hydroxylation is 1. The van der Waals surface area contributed by atoms with Gasteiger partial charge in [0.15, 0.2) is 0 Å². The predicted molar refractivity (Wildman–Crippen MR) is 79.7 cm³/mol. The first-order valence-corrected chi connectivity index (χ1v) is 7.71. The lowest BCUT2D eigenvalue weighted by Gasteiger charge is -2.29. The molecule has 5 heteroatoms. The predicted octanol–water partition coefficient (Wildman–Crippen LogP) is 2.26. The molecule has 5 nitrogen and oxygen atoms in total. The number of nitrogens with one attached hydrogen (secondary N) is 1. The van der Waals surface area contributed by atoms with Crippen LogP contribution in [0.2, 0.25) is 0 Å². The first-order valence-electron chi connectivity index (χ1n) is 7.71. The van der Waals surface area contributed by atoms with Crippen molar-refractivity contribution in [2.45, 2.75) is 57.5 Å². The number of rotatable bonds is 3. The molecule has 112 valence electrons. The number of carbonyl (C=O) groups is 2. The van der Waals surface area contributed by atoms with E-state index >= 15 is 0 Å². The highest BCUT2D eigenvalue weighted by Gasteiger charge is 2.42. The molecule has 1 atom stereocenters. The van der Waals surface area contributed by atoms with Crippen LogP contribution in [0.15, 0.2) is 18.3 Å². The summed E-state index contributed by atoms with van der Waals surface area (Å²) < 4.78 is 0. The van der Waals surface area contributed by atoms with E-state index in [1.165, 1.54) is 11.3 Å². The summed E-state index contributed by atoms with van der Waals surface area (Å²) in [4.78, 5) is 30.5. The van der Waals surface area contributed by atoms with Crippen molar-refractivity contribution in [2.75, 3.05) is 5.32 Å². The summed E-state index contributed by atoms with van der Waals surface area (Å²) in [6.07, 6.45) is 7.32. The second kappa shape index (κ2) is 5.84. The molecule has 1 unspecified atom stereocenters. The molecule has 1 aromatic heterocycles. The van der Waals surface area contributed by atoms with Gasteiger partial charge in [0.2, 0.25) is 5.91 Å². The summed E-state index contributed by atoms with van der Waals surface area (Å²) >= 11 is 0. The second-order valence-electron chi connectivity index (χ2n) is 5.93. The van der Waals surface area contributed by atoms with Crippen molar-refractivity contribution < 1.29 is 9.59 Å². The first kappa shape index (κ1) is 14.0. The Kier molecular flexibility index (Phi) is 3.90. The Morgan fingerprint density at radius 1 is 1.24 bits per heavy atom. The zero-order valence-electron chi connectivity index (χ0n) is 12.3. The number of aromatic nitrogens is 1. The van der Waals surface area contributed by atoms with E-state index in [0.29, 0.717) is 0 Å². The summed E-state index contributed by atoms with van der Waals surface area (Å²) in [6, 6.07) is 3.39. The maximum Gasteiger partial charge on any atom is 0.252 e. The molecule has 2 fully saturated rings. The molecule has 1 aliphatic carbocycles. The zero-order valence-corrected chi connectivity index (χ0v) is 12.3. The number of likely N-dealkylation sites (tertiary alicyclic amines) is 1. The lowest BCUT2D eigenvalue weighted by Crippen LogP contribution is -2.43. The molecular weight excluding hydrogens is 266 g/mol. The van der Waals surface area contributed by atoms with E-state index in [4.69, 9.17) is 0 Å². The molecule has 1 saturated heterocycles. The number of carbonyl (C=O) groups excluding carboxylic acids is 2. The normalized spacial score (nSPS) is 23.7. The van der Waals surface area contributed by atoms with E-state index in [1.807, 2.05) is 19.1 Å². The Morgan fingerprint density at radius 3 is 2.71 bits per heavy atom. The number of amides is 2. The topological polar surface area (TPSA) is 62.3 Å². The summed E-state index contributed by atoms with van der Waals surface area (Å²) in [5.74, 6) is -0.110. The minimum atomic E-state index is -0.442. The van der Waals surface area contributed by atoms with Crippen LogP contribution < -0.4 is 5.32 Å². The van der Waals surface area contributed by atoms with Crippen LogP contribution in [0.1, 0.15) is 44.2 Å². The van der Waals surface area contributed by atoms with Gasteiger partial charge in [-0.05, 0) is 31.9 Å². The minimum Gasteiger partial charge on any atom is -0.372 e. The Hall–Kier alpha value is -1.91. The fourth-order valence-electron chi connectivity index (χ4n) is 3.31. The fourth-order valence-corrected chi connectivity index (χ4v) is 3.31. The fraction of sp³-hybridized carbons (Fsp3) is 0.562. The van der Waals surface area contributed by atoms with Gasteiger partial charge in [0.25, 0.3) is 5.91 Å². The molecule has 0 aromatic carbocycles. The average molecular weight is 287 g/mol. The van der Waals surface area contributed by atoms with Gasteiger partial charge in [-0.25, -0.2) is 0 Å². The van der Waals surface area contributed by atoms with Gasteiger partial charge in [-0.2, -0.15) is 0 Å². The van der Waals surface area contributed by atoms with Gasteiger partial charge in [0.05, 0.1) is 17.8 Å². The summed E-state index contributed by atoms with van der Waals surface area (Å²) in [5.41, 5.74) is 1.67. The molecule has 0 spiro atoms. The van der Waals surface area contributed by atoms with E-state index in [2.05, 4.69) is 10.3 Å². The van der Waals surface area contributed by atoms with Gasteiger partial charge in [0, 0.05) is 12.2 Å². The molecule has 1 aliphatic heterocycles. The Morgan fingerprint density at radius 2 is 2.00 bits per heavy atom. The molecule has 1 aromatic rings. The SMILES string of the molecule is Cc1ncccc1NC1CC(=O)N(C2CCCCC2)C1=O. The molecule has 2 amide bonds. The molecular formula is C16H21N3O2. The van der Waals surface area contributed by atoms with Crippen LogP contribution in [0.3, 0.4) is 0 Å². The van der Waals surface area contributed by atoms with E-state index in [-0.39, 0.29) is 24.3 Å². The monoisotopic (exact) mass is 287 g/mol. The second-order valence-corrected chi connectivity index (χ2v) is 5.93. The van der Waals surface area contributed by atoms with E-state index < -0.39 is 6.04 Å². The summed E-state index contributed by atoms with van der Waals surface area (Å²) in [6.45, 7) is 1.89. The van der Waals surface area contributed by atoms with Gasteiger partial charge >= 0.3 is 0 Å². The molecule has 1 saturated carbocycles. The number of hydrogen-bond acceptors (Lipinski definition) is 4. The molecule has 0 bridgehead atoms. The highest BCUT2D eigenvalue weighted by atomic mass is 16.2. The van der Waals surface area contributed by atoms with Crippen LogP contribution in [0.5, 0.6) is 0 Å². The number of hydrogen-bond donors (Lipinski definition) is 1. The van der Waals surface area contributed by atoms with Crippen LogP contribution in [-0.2, 0) is 9.59 Å². The van der Waals surface area contributed by atoms with Crippen molar-refractivity contribution in [1.82, 2.24) is 9.88 Å². The van der Waals surface area contributed by atoms with Gasteiger partial charge in [0.1, 0.15) is 6.04 Å². The van der Waals surface area contributed by atoms with Crippen molar-refractivity contribution in [2.24, 2.45) is 0 Å². The van der Waals surface area contributed by atoms with E-state index in [0.717, 1.165) is 37.1 Å². The summed E-state index contributed by atoms with van der Waals surface area (Å²) in [5, 5.41) is 3.18. The molecule has 3 rings (SSSR count). The Balaban J connectivity index is 1.72. The molecule has 2 aliphatic rings. The van der Waals surface area contributed by atoms with Crippen molar-refractivity contribution in [3.63, 3.8) is 0 Å². The van der Waals surface area contributed by atoms with Gasteiger partial charge in [-0.3, -0.25) is 19.5 Å². The Labute approximate surface area is 124 Å². The standard InChI is InChI=1S/C16H21N3O2/c1-11-13(8-5-9-17-11)18-14-10-15(20)19(16(14)21)12-6-3-2-4-7-12/h5,8-9,12,14,18H,2-4,6-7,10H2,1H3. The quantitative estimate of drug-likeness (QED) is 0.866. The molecule has 1 N–H and O–H groups in total.